The largest absolute Gasteiger partial charge is 0.394 e. The third-order valence-corrected chi connectivity index (χ3v) is 6.60. The minimum atomic E-state index is -0.558. The lowest BCUT2D eigenvalue weighted by Crippen LogP contribution is -2.33. The minimum absolute atomic E-state index is 0.0703. The number of hydrogen-bond donors (Lipinski definition) is 2. The number of fused-ring (bicyclic) bond motifs is 1. The number of benzene rings is 1. The summed E-state index contributed by atoms with van der Waals surface area (Å²) in [5.74, 6) is -0.464. The van der Waals surface area contributed by atoms with Gasteiger partial charge in [0, 0.05) is 12.6 Å². The number of nitrogens with zero attached hydrogens (tertiary/aromatic N) is 6. The van der Waals surface area contributed by atoms with E-state index in [2.05, 4.69) is 20.4 Å². The second-order valence-electron chi connectivity index (χ2n) is 7.66. The van der Waals surface area contributed by atoms with Crippen LogP contribution in [0.5, 0.6) is 0 Å². The van der Waals surface area contributed by atoms with Gasteiger partial charge in [-0.15, -0.1) is 0 Å². The average Bonchev–Trinajstić information content (AvgIpc) is 3.58. The number of thiophene rings is 1. The number of carbonyl (C=O) groups is 1. The summed E-state index contributed by atoms with van der Waals surface area (Å²) >= 11 is 0.756. The molecule has 0 radical (unpaired) electrons. The number of carbonyl (C=O) groups excluding carboxylic acids is 1. The maximum absolute atomic E-state index is 13.4. The fraction of sp³-hybridized carbons (Fsp3) is 0.238. The van der Waals surface area contributed by atoms with Crippen LogP contribution < -0.4 is 10.2 Å². The molecule has 4 aromatic rings. The number of nitro groups is 1. The first-order chi connectivity index (χ1) is 16.4. The monoisotopic (exact) mass is 483 g/mol. The van der Waals surface area contributed by atoms with Gasteiger partial charge >= 0.3 is 5.00 Å². The van der Waals surface area contributed by atoms with E-state index in [0.29, 0.717) is 29.2 Å². The Kier molecular flexibility index (Phi) is 5.63. The third kappa shape index (κ3) is 3.95. The number of amides is 1. The van der Waals surface area contributed by atoms with Crippen molar-refractivity contribution in [2.24, 2.45) is 0 Å². The maximum Gasteiger partial charge on any atom is 0.324 e. The molecule has 0 spiro atoms. The first-order valence-electron chi connectivity index (χ1n) is 10.4. The van der Waals surface area contributed by atoms with Gasteiger partial charge in [0.1, 0.15) is 11.6 Å². The predicted molar refractivity (Wildman–Crippen MR) is 123 cm³/mol. The summed E-state index contributed by atoms with van der Waals surface area (Å²) in [4.78, 5) is 34.5. The Balaban J connectivity index is 1.59. The van der Waals surface area contributed by atoms with E-state index < -0.39 is 16.6 Å². The zero-order valence-corrected chi connectivity index (χ0v) is 18.4. The number of hydrogen-bond acceptors (Lipinski definition) is 9. The number of rotatable bonds is 6. The van der Waals surface area contributed by atoms with Crippen LogP contribution >= 0.6 is 11.3 Å². The highest BCUT2D eigenvalue weighted by atomic mass is 32.1. The summed E-state index contributed by atoms with van der Waals surface area (Å²) in [6.07, 6.45) is 3.11. The molecule has 1 aromatic carbocycles. The Bertz CT molecular complexity index is 1390. The number of nitrogens with one attached hydrogen (secondary N) is 1. The van der Waals surface area contributed by atoms with Crippen molar-refractivity contribution in [1.82, 2.24) is 19.7 Å². The third-order valence-electron chi connectivity index (χ3n) is 5.56. The highest BCUT2D eigenvalue weighted by Crippen LogP contribution is 2.30. The van der Waals surface area contributed by atoms with Gasteiger partial charge in [0.25, 0.3) is 5.91 Å². The lowest BCUT2D eigenvalue weighted by Gasteiger charge is -2.23. The van der Waals surface area contributed by atoms with Crippen LogP contribution in [-0.2, 0) is 0 Å². The number of aliphatic hydroxyl groups is 1. The van der Waals surface area contributed by atoms with Crippen LogP contribution in [0.1, 0.15) is 22.5 Å². The molecule has 34 heavy (non-hydrogen) atoms. The van der Waals surface area contributed by atoms with Gasteiger partial charge in [-0.3, -0.25) is 14.9 Å². The molecule has 1 atom stereocenters. The Morgan fingerprint density at radius 3 is 2.76 bits per heavy atom. The average molecular weight is 483 g/mol. The molecule has 1 saturated heterocycles. The van der Waals surface area contributed by atoms with Crippen molar-refractivity contribution in [1.29, 1.82) is 0 Å². The van der Waals surface area contributed by atoms with E-state index in [1.54, 1.807) is 12.1 Å². The zero-order valence-electron chi connectivity index (χ0n) is 17.6. The molecule has 0 aliphatic carbocycles. The predicted octanol–water partition coefficient (Wildman–Crippen LogP) is 3.14. The second-order valence-corrected chi connectivity index (χ2v) is 8.73. The van der Waals surface area contributed by atoms with Crippen molar-refractivity contribution >= 4 is 45.0 Å². The van der Waals surface area contributed by atoms with Crippen LogP contribution in [0.25, 0.3) is 16.7 Å². The van der Waals surface area contributed by atoms with Crippen LogP contribution in [-0.4, -0.2) is 54.9 Å². The standard InChI is InChI=1S/C21H18FN7O4S/c22-12-3-5-13(6-4-12)28-19-15(10-23-28)18(24-20(31)16-7-8-17(34-16)29(32)33)25-21(26-19)27-9-1-2-14(27)11-30/h3-8,10,14,30H,1-2,9,11H2,(H,24,25,26,31). The van der Waals surface area contributed by atoms with E-state index >= 15 is 0 Å². The van der Waals surface area contributed by atoms with Gasteiger partial charge in [-0.2, -0.15) is 15.1 Å². The van der Waals surface area contributed by atoms with Gasteiger partial charge in [-0.05, 0) is 43.2 Å². The molecule has 5 rings (SSSR count). The number of anilines is 2. The van der Waals surface area contributed by atoms with Gasteiger partial charge < -0.3 is 15.3 Å². The lowest BCUT2D eigenvalue weighted by atomic mass is 10.2. The van der Waals surface area contributed by atoms with Crippen LogP contribution in [0.2, 0.25) is 0 Å². The minimum Gasteiger partial charge on any atom is -0.394 e. The van der Waals surface area contributed by atoms with E-state index in [4.69, 9.17) is 0 Å². The molecule has 174 valence electrons. The van der Waals surface area contributed by atoms with Crippen molar-refractivity contribution in [2.75, 3.05) is 23.4 Å². The van der Waals surface area contributed by atoms with Crippen LogP contribution in [0, 0.1) is 15.9 Å². The molecule has 1 amide bonds. The van der Waals surface area contributed by atoms with E-state index in [0.717, 1.165) is 24.2 Å². The molecule has 1 aliphatic rings. The Morgan fingerprint density at radius 2 is 2.06 bits per heavy atom. The van der Waals surface area contributed by atoms with Gasteiger partial charge in [0.15, 0.2) is 5.65 Å². The second kappa shape index (κ2) is 8.76. The molecule has 3 aromatic heterocycles. The van der Waals surface area contributed by atoms with Crippen LogP contribution in [0.3, 0.4) is 0 Å². The Hall–Kier alpha value is -3.97. The molecule has 1 fully saturated rings. The van der Waals surface area contributed by atoms with E-state index in [-0.39, 0.29) is 28.3 Å². The van der Waals surface area contributed by atoms with Crippen molar-refractivity contribution in [3.63, 3.8) is 0 Å². The van der Waals surface area contributed by atoms with Gasteiger partial charge in [-0.25, -0.2) is 9.07 Å². The highest BCUT2D eigenvalue weighted by Gasteiger charge is 2.28. The molecule has 4 heterocycles. The summed E-state index contributed by atoms with van der Waals surface area (Å²) in [6.45, 7) is 0.561. The molecule has 2 N–H and O–H groups in total. The summed E-state index contributed by atoms with van der Waals surface area (Å²) in [5.41, 5.74) is 0.944. The first-order valence-corrected chi connectivity index (χ1v) is 11.2. The van der Waals surface area contributed by atoms with Gasteiger partial charge in [0.2, 0.25) is 5.95 Å². The fourth-order valence-electron chi connectivity index (χ4n) is 3.90. The molecule has 0 bridgehead atoms. The lowest BCUT2D eigenvalue weighted by molar-refractivity contribution is -0.380. The molecule has 1 unspecified atom stereocenters. The molecular weight excluding hydrogens is 465 g/mol. The van der Waals surface area contributed by atoms with Crippen molar-refractivity contribution in [3.8, 4) is 5.69 Å². The highest BCUT2D eigenvalue weighted by molar-refractivity contribution is 7.17. The maximum atomic E-state index is 13.4. The number of aromatic nitrogens is 4. The molecule has 11 nitrogen and oxygen atoms in total. The quantitative estimate of drug-likeness (QED) is 0.315. The topological polar surface area (TPSA) is 139 Å². The van der Waals surface area contributed by atoms with E-state index in [1.807, 2.05) is 4.90 Å². The molecule has 13 heteroatoms. The fourth-order valence-corrected chi connectivity index (χ4v) is 4.61. The van der Waals surface area contributed by atoms with Crippen molar-refractivity contribution in [3.05, 3.63) is 63.4 Å². The number of aliphatic hydroxyl groups excluding tert-OH is 1. The summed E-state index contributed by atoms with van der Waals surface area (Å²) in [6, 6.07) is 8.20. The van der Waals surface area contributed by atoms with Gasteiger partial charge in [0.05, 0.1) is 39.7 Å². The molecule has 0 saturated carbocycles. The van der Waals surface area contributed by atoms with Gasteiger partial charge in [-0.1, -0.05) is 11.3 Å². The zero-order chi connectivity index (χ0) is 23.8. The smallest absolute Gasteiger partial charge is 0.324 e. The number of halogens is 1. The molecular formula is C21H18FN7O4S. The van der Waals surface area contributed by atoms with Crippen LogP contribution in [0.15, 0.2) is 42.6 Å². The summed E-state index contributed by atoms with van der Waals surface area (Å²) < 4.78 is 14.9. The Morgan fingerprint density at radius 1 is 1.26 bits per heavy atom. The van der Waals surface area contributed by atoms with Crippen molar-refractivity contribution in [2.45, 2.75) is 18.9 Å². The summed E-state index contributed by atoms with van der Waals surface area (Å²) in [5, 5.41) is 28.1. The van der Waals surface area contributed by atoms with E-state index in [9.17, 15) is 24.4 Å². The first kappa shape index (κ1) is 21.9. The molecule has 1 aliphatic heterocycles. The SMILES string of the molecule is O=C(Nc1nc(N2CCCC2CO)nc2c1cnn2-c1ccc(F)cc1)c1ccc([N+](=O)[O-])s1. The summed E-state index contributed by atoms with van der Waals surface area (Å²) in [7, 11) is 0. The van der Waals surface area contributed by atoms with Crippen LogP contribution in [0.4, 0.5) is 21.2 Å². The van der Waals surface area contributed by atoms with Crippen molar-refractivity contribution < 1.29 is 19.2 Å². The normalized spacial score (nSPS) is 15.7. The van der Waals surface area contributed by atoms with E-state index in [1.165, 1.54) is 35.1 Å². The Labute approximate surface area is 195 Å².